The van der Waals surface area contributed by atoms with E-state index in [1.807, 2.05) is 5.51 Å². The van der Waals surface area contributed by atoms with Gasteiger partial charge in [-0.05, 0) is 56.9 Å². The summed E-state index contributed by atoms with van der Waals surface area (Å²) in [6.45, 7) is 6.24. The lowest BCUT2D eigenvalue weighted by molar-refractivity contribution is -0.128. The summed E-state index contributed by atoms with van der Waals surface area (Å²) >= 11 is 1.76. The summed E-state index contributed by atoms with van der Waals surface area (Å²) in [6, 6.07) is 0. The molecule has 1 amide bonds. The number of hydrogen-bond acceptors (Lipinski definition) is 4. The first-order valence-electron chi connectivity index (χ1n) is 9.05. The van der Waals surface area contributed by atoms with Gasteiger partial charge in [0.25, 0.3) is 0 Å². The van der Waals surface area contributed by atoms with Gasteiger partial charge in [-0.3, -0.25) is 9.69 Å². The van der Waals surface area contributed by atoms with Crippen molar-refractivity contribution < 1.29 is 4.79 Å². The number of nitrogens with one attached hydrogen (secondary N) is 1. The van der Waals surface area contributed by atoms with Crippen molar-refractivity contribution in [2.45, 2.75) is 52.0 Å². The lowest BCUT2D eigenvalue weighted by atomic mass is 9.76. The van der Waals surface area contributed by atoms with Crippen molar-refractivity contribution in [1.29, 1.82) is 0 Å². The van der Waals surface area contributed by atoms with Crippen molar-refractivity contribution in [3.8, 4) is 0 Å². The van der Waals surface area contributed by atoms with Crippen molar-refractivity contribution in [2.24, 2.45) is 17.3 Å². The summed E-state index contributed by atoms with van der Waals surface area (Å²) in [5, 5.41) is 3.24. The lowest BCUT2D eigenvalue weighted by Crippen LogP contribution is -2.41. The molecule has 2 saturated carbocycles. The van der Waals surface area contributed by atoms with E-state index in [9.17, 15) is 4.79 Å². The molecule has 126 valence electrons. The summed E-state index contributed by atoms with van der Waals surface area (Å²) in [5.74, 6) is 1.35. The van der Waals surface area contributed by atoms with Crippen LogP contribution < -0.4 is 5.32 Å². The summed E-state index contributed by atoms with van der Waals surface area (Å²) in [7, 11) is 0. The smallest absolute Gasteiger partial charge is 0.223 e. The van der Waals surface area contributed by atoms with Crippen LogP contribution in [0.15, 0.2) is 5.51 Å². The third-order valence-corrected chi connectivity index (χ3v) is 7.08. The van der Waals surface area contributed by atoms with Gasteiger partial charge in [-0.1, -0.05) is 6.42 Å². The predicted octanol–water partition coefficient (Wildman–Crippen LogP) is 2.97. The molecule has 1 spiro atoms. The Morgan fingerprint density at radius 2 is 2.30 bits per heavy atom. The quantitative estimate of drug-likeness (QED) is 0.901. The number of likely N-dealkylation sites (tertiary alicyclic amines) is 1. The second kappa shape index (κ2) is 6.17. The Balaban J connectivity index is 1.39. The maximum atomic E-state index is 12.7. The largest absolute Gasteiger partial charge is 0.356 e. The third-order valence-electron chi connectivity index (χ3n) is 6.16. The van der Waals surface area contributed by atoms with Crippen LogP contribution in [0.25, 0.3) is 0 Å². The van der Waals surface area contributed by atoms with Crippen LogP contribution in [0.1, 0.15) is 49.1 Å². The van der Waals surface area contributed by atoms with Crippen molar-refractivity contribution in [1.82, 2.24) is 15.2 Å². The molecular formula is C18H27N3OS. The standard InChI is InChI=1S/C18H27N3OS/c1-13-16(23-12-20-13)10-21-8-7-18(11-21)6-2-3-15(18)17(22)19-9-14-4-5-14/h12,14-15H,2-11H2,1H3,(H,19,22)/t15-,18+/m1/s1. The van der Waals surface area contributed by atoms with Crippen LogP contribution in [0.2, 0.25) is 0 Å². The molecule has 2 aliphatic carbocycles. The number of amides is 1. The number of carbonyl (C=O) groups is 1. The maximum Gasteiger partial charge on any atom is 0.223 e. The zero-order valence-electron chi connectivity index (χ0n) is 14.0. The highest BCUT2D eigenvalue weighted by atomic mass is 32.1. The summed E-state index contributed by atoms with van der Waals surface area (Å²) in [6.07, 6.45) is 7.33. The fourth-order valence-corrected chi connectivity index (χ4v) is 5.35. The molecule has 0 radical (unpaired) electrons. The molecule has 23 heavy (non-hydrogen) atoms. The van der Waals surface area contributed by atoms with Gasteiger partial charge in [0.15, 0.2) is 0 Å². The Labute approximate surface area is 142 Å². The van der Waals surface area contributed by atoms with E-state index in [1.165, 1.54) is 42.7 Å². The molecule has 4 nitrogen and oxygen atoms in total. The summed E-state index contributed by atoms with van der Waals surface area (Å²) in [4.78, 5) is 21.0. The number of aromatic nitrogens is 1. The van der Waals surface area contributed by atoms with Crippen LogP contribution in [0.5, 0.6) is 0 Å². The highest BCUT2D eigenvalue weighted by Gasteiger charge is 2.50. The Bertz CT molecular complexity index is 583. The third kappa shape index (κ3) is 3.18. The van der Waals surface area contributed by atoms with Crippen LogP contribution in [0.4, 0.5) is 0 Å². The second-order valence-corrected chi connectivity index (χ2v) is 8.76. The minimum absolute atomic E-state index is 0.242. The molecule has 5 heteroatoms. The van der Waals surface area contributed by atoms with Gasteiger partial charge in [-0.2, -0.15) is 0 Å². The van der Waals surface area contributed by atoms with Crippen molar-refractivity contribution >= 4 is 17.2 Å². The molecule has 1 aromatic rings. The molecule has 3 fully saturated rings. The molecule has 1 N–H and O–H groups in total. The monoisotopic (exact) mass is 333 g/mol. The first kappa shape index (κ1) is 15.6. The predicted molar refractivity (Wildman–Crippen MR) is 92.3 cm³/mol. The zero-order valence-corrected chi connectivity index (χ0v) is 14.8. The highest BCUT2D eigenvalue weighted by molar-refractivity contribution is 7.09. The van der Waals surface area contributed by atoms with Gasteiger partial charge in [0, 0.05) is 30.4 Å². The van der Waals surface area contributed by atoms with Gasteiger partial charge in [-0.25, -0.2) is 4.98 Å². The van der Waals surface area contributed by atoms with E-state index < -0.39 is 0 Å². The number of thiazole rings is 1. The van der Waals surface area contributed by atoms with Gasteiger partial charge in [0.2, 0.25) is 5.91 Å². The van der Waals surface area contributed by atoms with Gasteiger partial charge >= 0.3 is 0 Å². The Hall–Kier alpha value is -0.940. The minimum atomic E-state index is 0.242. The van der Waals surface area contributed by atoms with E-state index in [0.717, 1.165) is 38.5 Å². The van der Waals surface area contributed by atoms with Crippen molar-refractivity contribution in [2.75, 3.05) is 19.6 Å². The van der Waals surface area contributed by atoms with E-state index in [0.29, 0.717) is 5.91 Å². The molecule has 2 heterocycles. The molecule has 0 aromatic carbocycles. The SMILES string of the molecule is Cc1ncsc1CN1CC[C@@]2(CCC[C@@H]2C(=O)NCC2CC2)C1. The molecule has 1 aliphatic heterocycles. The molecule has 4 rings (SSSR count). The molecular weight excluding hydrogens is 306 g/mol. The van der Waals surface area contributed by atoms with Gasteiger partial charge in [-0.15, -0.1) is 11.3 Å². The normalized spacial score (nSPS) is 31.1. The average molecular weight is 334 g/mol. The molecule has 1 saturated heterocycles. The van der Waals surface area contributed by atoms with Crippen LogP contribution in [0, 0.1) is 24.2 Å². The number of aryl methyl sites for hydroxylation is 1. The molecule has 0 bridgehead atoms. The number of rotatable bonds is 5. The fourth-order valence-electron chi connectivity index (χ4n) is 4.53. The second-order valence-electron chi connectivity index (χ2n) is 7.82. The molecule has 1 aromatic heterocycles. The Morgan fingerprint density at radius 3 is 3.04 bits per heavy atom. The van der Waals surface area contributed by atoms with E-state index in [1.54, 1.807) is 11.3 Å². The minimum Gasteiger partial charge on any atom is -0.356 e. The fraction of sp³-hybridized carbons (Fsp3) is 0.778. The van der Waals surface area contributed by atoms with Gasteiger partial charge in [0.05, 0.1) is 11.2 Å². The topological polar surface area (TPSA) is 45.2 Å². The van der Waals surface area contributed by atoms with Gasteiger partial charge in [0.1, 0.15) is 0 Å². The lowest BCUT2D eigenvalue weighted by Gasteiger charge is -2.30. The van der Waals surface area contributed by atoms with E-state index >= 15 is 0 Å². The van der Waals surface area contributed by atoms with Crippen LogP contribution in [-0.2, 0) is 11.3 Å². The zero-order chi connectivity index (χ0) is 15.9. The summed E-state index contributed by atoms with van der Waals surface area (Å²) < 4.78 is 0. The Kier molecular flexibility index (Phi) is 4.18. The highest BCUT2D eigenvalue weighted by Crippen LogP contribution is 2.50. The van der Waals surface area contributed by atoms with E-state index in [4.69, 9.17) is 0 Å². The first-order chi connectivity index (χ1) is 11.2. The van der Waals surface area contributed by atoms with Crippen LogP contribution in [0.3, 0.4) is 0 Å². The van der Waals surface area contributed by atoms with Gasteiger partial charge < -0.3 is 5.32 Å². The Morgan fingerprint density at radius 1 is 1.43 bits per heavy atom. The average Bonchev–Trinajstić information content (AvgIpc) is 2.94. The van der Waals surface area contributed by atoms with Crippen molar-refractivity contribution in [3.05, 3.63) is 16.1 Å². The van der Waals surface area contributed by atoms with Crippen molar-refractivity contribution in [3.63, 3.8) is 0 Å². The maximum absolute atomic E-state index is 12.7. The molecule has 2 atom stereocenters. The molecule has 3 aliphatic rings. The first-order valence-corrected chi connectivity index (χ1v) is 9.93. The van der Waals surface area contributed by atoms with Crippen LogP contribution >= 0.6 is 11.3 Å². The van der Waals surface area contributed by atoms with E-state index in [2.05, 4.69) is 22.1 Å². The molecule has 0 unspecified atom stereocenters. The number of hydrogen-bond donors (Lipinski definition) is 1. The van der Waals surface area contributed by atoms with Crippen LogP contribution in [-0.4, -0.2) is 35.4 Å². The number of carbonyl (C=O) groups excluding carboxylic acids is 1. The van der Waals surface area contributed by atoms with E-state index in [-0.39, 0.29) is 11.3 Å². The summed E-state index contributed by atoms with van der Waals surface area (Å²) in [5.41, 5.74) is 3.35. The number of nitrogens with zero attached hydrogens (tertiary/aromatic N) is 2.